The second-order valence-corrected chi connectivity index (χ2v) is 7.94. The van der Waals surface area contributed by atoms with Crippen LogP contribution in [0.5, 0.6) is 11.5 Å². The molecule has 0 fully saturated rings. The number of carbonyl (C=O) groups is 2. The summed E-state index contributed by atoms with van der Waals surface area (Å²) in [6.07, 6.45) is 10.0. The summed E-state index contributed by atoms with van der Waals surface area (Å²) in [4.78, 5) is 24.2. The number of nitriles is 1. The topological polar surface area (TPSA) is 106 Å². The van der Waals surface area contributed by atoms with Gasteiger partial charge in [-0.1, -0.05) is 37.8 Å². The van der Waals surface area contributed by atoms with E-state index in [1.165, 1.54) is 6.08 Å². The number of rotatable bonds is 16. The van der Waals surface area contributed by atoms with Crippen molar-refractivity contribution in [1.29, 1.82) is 5.26 Å². The average molecular weight is 480 g/mol. The molecule has 0 amide bonds. The van der Waals surface area contributed by atoms with Crippen molar-refractivity contribution in [2.45, 2.75) is 51.4 Å². The molecule has 186 valence electrons. The molecule has 2 aromatic rings. The third-order valence-electron chi connectivity index (χ3n) is 5.09. The Morgan fingerprint density at radius 3 is 2.17 bits per heavy atom. The minimum Gasteiger partial charge on any atom is -0.494 e. The van der Waals surface area contributed by atoms with E-state index in [4.69, 9.17) is 24.6 Å². The van der Waals surface area contributed by atoms with Crippen molar-refractivity contribution in [2.24, 2.45) is 0 Å². The van der Waals surface area contributed by atoms with E-state index in [2.05, 4.69) is 6.07 Å². The molecule has 0 aliphatic heterocycles. The first kappa shape index (κ1) is 27.6. The number of hydrogen-bond donors (Lipinski definition) is 1. The van der Waals surface area contributed by atoms with Crippen molar-refractivity contribution in [1.82, 2.24) is 0 Å². The molecule has 0 radical (unpaired) electrons. The van der Waals surface area contributed by atoms with Crippen LogP contribution in [0.15, 0.2) is 54.6 Å². The zero-order chi connectivity index (χ0) is 25.1. The van der Waals surface area contributed by atoms with Gasteiger partial charge in [0.05, 0.1) is 24.8 Å². The van der Waals surface area contributed by atoms with Gasteiger partial charge in [-0.05, 0) is 67.3 Å². The lowest BCUT2D eigenvalue weighted by molar-refractivity contribution is -0.137. The minimum atomic E-state index is -0.485. The lowest BCUT2D eigenvalue weighted by Crippen LogP contribution is -2.08. The van der Waals surface area contributed by atoms with Crippen LogP contribution < -0.4 is 9.47 Å². The van der Waals surface area contributed by atoms with Crippen LogP contribution in [0, 0.1) is 11.3 Å². The number of benzene rings is 2. The highest BCUT2D eigenvalue weighted by Gasteiger charge is 2.09. The first-order valence-corrected chi connectivity index (χ1v) is 12.0. The number of nitrogens with zero attached hydrogens (tertiary/aromatic N) is 1. The van der Waals surface area contributed by atoms with Crippen molar-refractivity contribution in [3.8, 4) is 17.6 Å². The Bertz CT molecular complexity index is 960. The standard InChI is InChI=1S/C28H33NO6/c29-19-5-8-21-33-25-16-12-24(13-17-25)28(32)35-26-14-9-23(10-15-26)11-18-27(31)34-22-7-4-2-1-3-6-20-30/h9-18,30H,1-8,20-22H2. The molecule has 35 heavy (non-hydrogen) atoms. The number of aliphatic hydroxyl groups is 1. The van der Waals surface area contributed by atoms with Crippen LogP contribution in [0.2, 0.25) is 0 Å². The molecule has 0 saturated heterocycles. The molecule has 2 rings (SSSR count). The van der Waals surface area contributed by atoms with E-state index < -0.39 is 11.9 Å². The Balaban J connectivity index is 1.70. The van der Waals surface area contributed by atoms with Crippen LogP contribution in [0.4, 0.5) is 0 Å². The highest BCUT2D eigenvalue weighted by molar-refractivity contribution is 5.91. The molecule has 0 aliphatic carbocycles. The van der Waals surface area contributed by atoms with Gasteiger partial charge in [0.2, 0.25) is 0 Å². The van der Waals surface area contributed by atoms with Crippen LogP contribution in [-0.4, -0.2) is 36.9 Å². The van der Waals surface area contributed by atoms with Crippen molar-refractivity contribution in [2.75, 3.05) is 19.8 Å². The fourth-order valence-corrected chi connectivity index (χ4v) is 3.15. The van der Waals surface area contributed by atoms with Crippen molar-refractivity contribution < 1.29 is 28.9 Å². The summed E-state index contributed by atoms with van der Waals surface area (Å²) in [5.74, 6) is 0.147. The quantitative estimate of drug-likeness (QED) is 0.147. The first-order chi connectivity index (χ1) is 17.1. The predicted octanol–water partition coefficient (Wildman–Crippen LogP) is 5.48. The van der Waals surface area contributed by atoms with E-state index in [0.29, 0.717) is 43.1 Å². The Morgan fingerprint density at radius 1 is 0.829 bits per heavy atom. The fraction of sp³-hybridized carbons (Fsp3) is 0.393. The van der Waals surface area contributed by atoms with Gasteiger partial charge in [-0.3, -0.25) is 0 Å². The van der Waals surface area contributed by atoms with Crippen molar-refractivity contribution in [3.05, 3.63) is 65.7 Å². The van der Waals surface area contributed by atoms with E-state index in [1.807, 2.05) is 0 Å². The van der Waals surface area contributed by atoms with Gasteiger partial charge in [0.1, 0.15) is 11.5 Å². The molecule has 7 nitrogen and oxygen atoms in total. The number of unbranched alkanes of at least 4 members (excludes halogenated alkanes) is 6. The number of esters is 2. The van der Waals surface area contributed by atoms with Crippen LogP contribution in [-0.2, 0) is 9.53 Å². The fourth-order valence-electron chi connectivity index (χ4n) is 3.15. The highest BCUT2D eigenvalue weighted by atomic mass is 16.5. The molecule has 0 heterocycles. The molecular weight excluding hydrogens is 446 g/mol. The summed E-state index contributed by atoms with van der Waals surface area (Å²) in [6.45, 7) is 1.09. The SMILES string of the molecule is N#CCCCOc1ccc(C(=O)Oc2ccc(C=CC(=O)OCCCCCCCCO)cc2)cc1. The Kier molecular flexibility index (Phi) is 13.3. The van der Waals surface area contributed by atoms with Gasteiger partial charge in [-0.25, -0.2) is 9.59 Å². The van der Waals surface area contributed by atoms with Crippen LogP contribution in [0.1, 0.15) is 67.3 Å². The van der Waals surface area contributed by atoms with Gasteiger partial charge in [0, 0.05) is 19.1 Å². The molecule has 0 spiro atoms. The van der Waals surface area contributed by atoms with Gasteiger partial charge in [-0.2, -0.15) is 5.26 Å². The smallest absolute Gasteiger partial charge is 0.343 e. The number of hydrogen-bond acceptors (Lipinski definition) is 7. The number of ether oxygens (including phenoxy) is 3. The molecular formula is C28H33NO6. The van der Waals surface area contributed by atoms with Gasteiger partial charge in [-0.15, -0.1) is 0 Å². The maximum Gasteiger partial charge on any atom is 0.343 e. The van der Waals surface area contributed by atoms with Crippen LogP contribution in [0.3, 0.4) is 0 Å². The molecule has 1 N–H and O–H groups in total. The third kappa shape index (κ3) is 11.9. The Morgan fingerprint density at radius 2 is 1.49 bits per heavy atom. The zero-order valence-corrected chi connectivity index (χ0v) is 20.0. The molecule has 0 saturated carbocycles. The number of carbonyl (C=O) groups excluding carboxylic acids is 2. The minimum absolute atomic E-state index is 0.245. The van der Waals surface area contributed by atoms with E-state index in [-0.39, 0.29) is 6.61 Å². The van der Waals surface area contributed by atoms with Crippen LogP contribution in [0.25, 0.3) is 6.08 Å². The average Bonchev–Trinajstić information content (AvgIpc) is 2.88. The summed E-state index contributed by atoms with van der Waals surface area (Å²) < 4.78 is 16.1. The molecule has 0 aromatic heterocycles. The Labute approximate surface area is 206 Å². The van der Waals surface area contributed by atoms with Crippen molar-refractivity contribution >= 4 is 18.0 Å². The summed E-state index contributed by atoms with van der Waals surface area (Å²) in [7, 11) is 0. The molecule has 2 aromatic carbocycles. The summed E-state index contributed by atoms with van der Waals surface area (Å²) in [6, 6.07) is 15.5. The monoisotopic (exact) mass is 479 g/mol. The second kappa shape index (κ2) is 16.9. The van der Waals surface area contributed by atoms with Crippen LogP contribution >= 0.6 is 0 Å². The molecule has 0 atom stereocenters. The first-order valence-electron chi connectivity index (χ1n) is 12.0. The lowest BCUT2D eigenvalue weighted by atomic mass is 10.1. The van der Waals surface area contributed by atoms with E-state index in [9.17, 15) is 9.59 Å². The maximum absolute atomic E-state index is 12.4. The highest BCUT2D eigenvalue weighted by Crippen LogP contribution is 2.17. The van der Waals surface area contributed by atoms with Gasteiger partial charge in [0.25, 0.3) is 0 Å². The lowest BCUT2D eigenvalue weighted by Gasteiger charge is -2.07. The van der Waals surface area contributed by atoms with Crippen molar-refractivity contribution in [3.63, 3.8) is 0 Å². The van der Waals surface area contributed by atoms with Gasteiger partial charge in [0.15, 0.2) is 0 Å². The van der Waals surface area contributed by atoms with Gasteiger partial charge >= 0.3 is 11.9 Å². The summed E-state index contributed by atoms with van der Waals surface area (Å²) >= 11 is 0. The number of aliphatic hydroxyl groups excluding tert-OH is 1. The predicted molar refractivity (Wildman–Crippen MR) is 133 cm³/mol. The van der Waals surface area contributed by atoms with E-state index in [1.54, 1.807) is 54.6 Å². The molecule has 0 bridgehead atoms. The van der Waals surface area contributed by atoms with E-state index >= 15 is 0 Å². The summed E-state index contributed by atoms with van der Waals surface area (Å²) in [5.41, 5.74) is 1.18. The zero-order valence-electron chi connectivity index (χ0n) is 20.0. The summed E-state index contributed by atoms with van der Waals surface area (Å²) in [5, 5.41) is 17.3. The second-order valence-electron chi connectivity index (χ2n) is 7.94. The Hall–Kier alpha value is -3.63. The third-order valence-corrected chi connectivity index (χ3v) is 5.09. The van der Waals surface area contributed by atoms with E-state index in [0.717, 1.165) is 44.1 Å². The maximum atomic E-state index is 12.4. The molecule has 0 aliphatic rings. The largest absolute Gasteiger partial charge is 0.494 e. The normalized spacial score (nSPS) is 10.6. The molecule has 0 unspecified atom stereocenters. The molecule has 7 heteroatoms. The van der Waals surface area contributed by atoms with Gasteiger partial charge < -0.3 is 19.3 Å².